The van der Waals surface area contributed by atoms with Crippen LogP contribution in [0.1, 0.15) is 27.7 Å². The van der Waals surface area contributed by atoms with Crippen LogP contribution in [0.2, 0.25) is 0 Å². The number of rotatable bonds is 6. The molecule has 0 saturated heterocycles. The number of hydrogen-bond donors (Lipinski definition) is 1. The number of alkyl halides is 3. The molecule has 0 heterocycles. The van der Waals surface area contributed by atoms with Crippen LogP contribution < -0.4 is 5.73 Å². The maximum Gasteiger partial charge on any atom is 0.401 e. The van der Waals surface area contributed by atoms with Gasteiger partial charge in [0.2, 0.25) is 0 Å². The second kappa shape index (κ2) is 6.38. The van der Waals surface area contributed by atoms with Crippen LogP contribution in [0.15, 0.2) is 0 Å². The average Bonchev–Trinajstić information content (AvgIpc) is 2.14. The summed E-state index contributed by atoms with van der Waals surface area (Å²) in [5.74, 6) is -0.696. The molecule has 0 saturated carbocycles. The fraction of sp³-hybridized carbons (Fsp3) is 0.909. The summed E-state index contributed by atoms with van der Waals surface area (Å²) in [7, 11) is 0. The Labute approximate surface area is 105 Å². The SMILES string of the molecule is CCOC(=O)C(C)(N)CN(CC(F)(F)F)C(C)C. The minimum Gasteiger partial charge on any atom is -0.465 e. The smallest absolute Gasteiger partial charge is 0.401 e. The Morgan fingerprint density at radius 2 is 1.83 bits per heavy atom. The van der Waals surface area contributed by atoms with Crippen molar-refractivity contribution in [2.45, 2.75) is 45.5 Å². The third kappa shape index (κ3) is 6.20. The summed E-state index contributed by atoms with van der Waals surface area (Å²) in [6, 6.07) is -0.371. The van der Waals surface area contributed by atoms with E-state index in [1.165, 1.54) is 6.92 Å². The summed E-state index contributed by atoms with van der Waals surface area (Å²) in [5.41, 5.74) is 4.27. The van der Waals surface area contributed by atoms with Crippen LogP contribution in [0.5, 0.6) is 0 Å². The molecule has 0 aliphatic carbocycles. The third-order valence-corrected chi connectivity index (χ3v) is 2.39. The molecule has 0 aromatic carbocycles. The Hall–Kier alpha value is -0.820. The number of carbonyl (C=O) groups excluding carboxylic acids is 1. The Balaban J connectivity index is 4.72. The molecule has 18 heavy (non-hydrogen) atoms. The van der Waals surface area contributed by atoms with E-state index in [1.54, 1.807) is 20.8 Å². The van der Waals surface area contributed by atoms with Crippen molar-refractivity contribution in [1.29, 1.82) is 0 Å². The zero-order valence-corrected chi connectivity index (χ0v) is 11.2. The van der Waals surface area contributed by atoms with Crippen molar-refractivity contribution >= 4 is 5.97 Å². The summed E-state index contributed by atoms with van der Waals surface area (Å²) < 4.78 is 41.9. The zero-order valence-electron chi connectivity index (χ0n) is 11.2. The van der Waals surface area contributed by atoms with E-state index in [2.05, 4.69) is 0 Å². The quantitative estimate of drug-likeness (QED) is 0.744. The second-order valence-corrected chi connectivity index (χ2v) is 4.75. The van der Waals surface area contributed by atoms with Gasteiger partial charge in [0.05, 0.1) is 13.2 Å². The molecule has 108 valence electrons. The summed E-state index contributed by atoms with van der Waals surface area (Å²) in [4.78, 5) is 12.6. The lowest BCUT2D eigenvalue weighted by Crippen LogP contribution is -2.57. The molecular weight excluding hydrogens is 249 g/mol. The molecule has 2 N–H and O–H groups in total. The molecular formula is C11H21F3N2O2. The van der Waals surface area contributed by atoms with Gasteiger partial charge in [-0.1, -0.05) is 0 Å². The minimum absolute atomic E-state index is 0.145. The number of nitrogens with two attached hydrogens (primary N) is 1. The Kier molecular flexibility index (Phi) is 6.09. The summed E-state index contributed by atoms with van der Waals surface area (Å²) in [6.45, 7) is 5.06. The first-order valence-corrected chi connectivity index (χ1v) is 5.76. The molecule has 1 unspecified atom stereocenters. The molecule has 1 atom stereocenters. The molecule has 0 fully saturated rings. The highest BCUT2D eigenvalue weighted by Gasteiger charge is 2.38. The Morgan fingerprint density at radius 1 is 1.33 bits per heavy atom. The average molecular weight is 270 g/mol. The lowest BCUT2D eigenvalue weighted by molar-refractivity contribution is -0.160. The number of ether oxygens (including phenoxy) is 1. The van der Waals surface area contributed by atoms with Crippen LogP contribution in [0.4, 0.5) is 13.2 Å². The van der Waals surface area contributed by atoms with Crippen LogP contribution in [0.3, 0.4) is 0 Å². The van der Waals surface area contributed by atoms with Gasteiger partial charge < -0.3 is 10.5 Å². The maximum atomic E-state index is 12.4. The largest absolute Gasteiger partial charge is 0.465 e. The van der Waals surface area contributed by atoms with E-state index < -0.39 is 24.2 Å². The molecule has 7 heteroatoms. The predicted molar refractivity (Wildman–Crippen MR) is 62.0 cm³/mol. The highest BCUT2D eigenvalue weighted by Crippen LogP contribution is 2.19. The topological polar surface area (TPSA) is 55.6 Å². The van der Waals surface area contributed by atoms with Gasteiger partial charge in [0, 0.05) is 12.6 Å². The van der Waals surface area contributed by atoms with Crippen molar-refractivity contribution in [1.82, 2.24) is 4.90 Å². The van der Waals surface area contributed by atoms with E-state index in [1.807, 2.05) is 0 Å². The summed E-state index contributed by atoms with van der Waals surface area (Å²) in [5, 5.41) is 0. The predicted octanol–water partition coefficient (Wildman–Crippen LogP) is 1.54. The molecule has 0 aliphatic heterocycles. The lowest BCUT2D eigenvalue weighted by Gasteiger charge is -2.33. The van der Waals surface area contributed by atoms with Crippen LogP contribution in [-0.4, -0.2) is 48.3 Å². The fourth-order valence-corrected chi connectivity index (χ4v) is 1.43. The second-order valence-electron chi connectivity index (χ2n) is 4.75. The van der Waals surface area contributed by atoms with Gasteiger partial charge in [-0.05, 0) is 27.7 Å². The van der Waals surface area contributed by atoms with Crippen LogP contribution >= 0.6 is 0 Å². The van der Waals surface area contributed by atoms with Gasteiger partial charge in [-0.3, -0.25) is 9.69 Å². The van der Waals surface area contributed by atoms with Crippen molar-refractivity contribution in [3.05, 3.63) is 0 Å². The molecule has 0 bridgehead atoms. The van der Waals surface area contributed by atoms with Gasteiger partial charge in [-0.25, -0.2) is 0 Å². The van der Waals surface area contributed by atoms with Gasteiger partial charge in [-0.15, -0.1) is 0 Å². The van der Waals surface area contributed by atoms with Crippen LogP contribution in [-0.2, 0) is 9.53 Å². The van der Waals surface area contributed by atoms with E-state index in [-0.39, 0.29) is 19.2 Å². The summed E-state index contributed by atoms with van der Waals surface area (Å²) >= 11 is 0. The molecule has 0 aliphatic rings. The van der Waals surface area contributed by atoms with Gasteiger partial charge in [0.1, 0.15) is 5.54 Å². The van der Waals surface area contributed by atoms with Crippen LogP contribution in [0.25, 0.3) is 0 Å². The van der Waals surface area contributed by atoms with Gasteiger partial charge in [-0.2, -0.15) is 13.2 Å². The normalized spacial score (nSPS) is 15.9. The first kappa shape index (κ1) is 17.2. The first-order valence-electron chi connectivity index (χ1n) is 5.76. The highest BCUT2D eigenvalue weighted by molar-refractivity contribution is 5.80. The van der Waals surface area contributed by atoms with E-state index in [0.29, 0.717) is 0 Å². The number of esters is 1. The number of halogens is 3. The Morgan fingerprint density at radius 3 is 2.17 bits per heavy atom. The van der Waals surface area contributed by atoms with Crippen molar-refractivity contribution in [3.8, 4) is 0 Å². The monoisotopic (exact) mass is 270 g/mol. The Bertz CT molecular complexity index is 278. The van der Waals surface area contributed by atoms with Crippen molar-refractivity contribution in [3.63, 3.8) is 0 Å². The zero-order chi connectivity index (χ0) is 14.6. The van der Waals surface area contributed by atoms with E-state index in [0.717, 1.165) is 4.90 Å². The van der Waals surface area contributed by atoms with Gasteiger partial charge in [0.25, 0.3) is 0 Å². The minimum atomic E-state index is -4.32. The molecule has 0 aromatic heterocycles. The highest BCUT2D eigenvalue weighted by atomic mass is 19.4. The molecule has 0 amide bonds. The van der Waals surface area contributed by atoms with Crippen molar-refractivity contribution < 1.29 is 22.7 Å². The van der Waals surface area contributed by atoms with E-state index in [4.69, 9.17) is 10.5 Å². The van der Waals surface area contributed by atoms with Gasteiger partial charge >= 0.3 is 12.1 Å². The number of nitrogens with zero attached hydrogens (tertiary/aromatic N) is 1. The first-order chi connectivity index (χ1) is 7.99. The fourth-order valence-electron chi connectivity index (χ4n) is 1.43. The van der Waals surface area contributed by atoms with Gasteiger partial charge in [0.15, 0.2) is 0 Å². The number of hydrogen-bond acceptors (Lipinski definition) is 4. The molecule has 0 aromatic rings. The van der Waals surface area contributed by atoms with E-state index >= 15 is 0 Å². The van der Waals surface area contributed by atoms with Crippen molar-refractivity contribution in [2.75, 3.05) is 19.7 Å². The molecule has 0 radical (unpaired) electrons. The molecule has 0 spiro atoms. The summed E-state index contributed by atoms with van der Waals surface area (Å²) in [6.07, 6.45) is -4.32. The standard InChI is InChI=1S/C11H21F3N2O2/c1-5-18-9(17)10(4,15)6-16(8(2)3)7-11(12,13)14/h8H,5-7,15H2,1-4H3. The van der Waals surface area contributed by atoms with Crippen LogP contribution in [0, 0.1) is 0 Å². The molecule has 4 nitrogen and oxygen atoms in total. The number of carbonyl (C=O) groups is 1. The van der Waals surface area contributed by atoms with E-state index in [9.17, 15) is 18.0 Å². The maximum absolute atomic E-state index is 12.4. The third-order valence-electron chi connectivity index (χ3n) is 2.39. The lowest BCUT2D eigenvalue weighted by atomic mass is 10.0. The molecule has 0 rings (SSSR count). The van der Waals surface area contributed by atoms with Crippen molar-refractivity contribution in [2.24, 2.45) is 5.73 Å².